The van der Waals surface area contributed by atoms with Crippen molar-refractivity contribution in [3.63, 3.8) is 0 Å². The van der Waals surface area contributed by atoms with Crippen LogP contribution in [0.25, 0.3) is 43.3 Å². The lowest BCUT2D eigenvalue weighted by Crippen LogP contribution is -2.11. The van der Waals surface area contributed by atoms with Crippen LogP contribution in [-0.4, -0.2) is 4.98 Å². The van der Waals surface area contributed by atoms with Crippen LogP contribution >= 0.6 is 23.1 Å². The topological polar surface area (TPSA) is 26.0 Å². The van der Waals surface area contributed by atoms with E-state index >= 15 is 0 Å². The van der Waals surface area contributed by atoms with Crippen LogP contribution in [0.2, 0.25) is 0 Å². The summed E-state index contributed by atoms with van der Waals surface area (Å²) in [6.45, 7) is 13.5. The van der Waals surface area contributed by atoms with Crippen LogP contribution in [0.5, 0.6) is 0 Å². The Balaban J connectivity index is 1.63. The van der Waals surface area contributed by atoms with Gasteiger partial charge < -0.3 is 4.42 Å². The molecule has 0 N–H and O–H groups in total. The number of pyridine rings is 1. The van der Waals surface area contributed by atoms with Gasteiger partial charge in [-0.2, -0.15) is 0 Å². The molecular formula is C30H31NOS2. The van der Waals surface area contributed by atoms with Gasteiger partial charge in [0.15, 0.2) is 0 Å². The monoisotopic (exact) mass is 485 g/mol. The first kappa shape index (κ1) is 23.2. The molecule has 0 aliphatic rings. The summed E-state index contributed by atoms with van der Waals surface area (Å²) in [6, 6.07) is 15.4. The molecule has 4 heteroatoms. The van der Waals surface area contributed by atoms with Crippen molar-refractivity contribution in [3.05, 3.63) is 70.6 Å². The molecule has 0 radical (unpaired) electrons. The van der Waals surface area contributed by atoms with Gasteiger partial charge in [-0.3, -0.25) is 4.98 Å². The molecule has 5 rings (SSSR count). The molecule has 3 aromatic heterocycles. The third kappa shape index (κ3) is 4.42. The Hall–Kier alpha value is -2.56. The maximum absolute atomic E-state index is 6.33. The van der Waals surface area contributed by atoms with Crippen LogP contribution < -0.4 is 0 Å². The van der Waals surface area contributed by atoms with Gasteiger partial charge in [0.25, 0.3) is 0 Å². The summed E-state index contributed by atoms with van der Waals surface area (Å²) in [6.07, 6.45) is 5.29. The number of furan rings is 1. The Bertz CT molecular complexity index is 1530. The number of aromatic nitrogens is 1. The Morgan fingerprint density at radius 3 is 2.68 bits per heavy atom. The predicted molar refractivity (Wildman–Crippen MR) is 150 cm³/mol. The fourth-order valence-electron chi connectivity index (χ4n) is 4.39. The van der Waals surface area contributed by atoms with E-state index in [-0.39, 0.29) is 5.41 Å². The van der Waals surface area contributed by atoms with Crippen molar-refractivity contribution in [2.75, 3.05) is 0 Å². The second-order valence-corrected chi connectivity index (χ2v) is 12.7. The van der Waals surface area contributed by atoms with Crippen LogP contribution in [0, 0.1) is 5.92 Å². The molecule has 0 aliphatic carbocycles. The van der Waals surface area contributed by atoms with E-state index in [2.05, 4.69) is 89.4 Å². The number of benzene rings is 2. The predicted octanol–water partition coefficient (Wildman–Crippen LogP) is 10.2. The molecule has 0 aliphatic heterocycles. The van der Waals surface area contributed by atoms with Gasteiger partial charge in [0.05, 0.1) is 11.1 Å². The molecule has 0 saturated carbocycles. The molecule has 34 heavy (non-hydrogen) atoms. The number of thiophene rings is 1. The molecule has 0 spiro atoms. The van der Waals surface area contributed by atoms with E-state index in [0.29, 0.717) is 5.92 Å². The SMILES string of the molecule is C/C(=C\CC(C)C)Sc1ccc2c(c1)oc1ccnc(-c3cc(C(C)(C)C)c4sccc4c3)c12. The highest BCUT2D eigenvalue weighted by atomic mass is 32.2. The lowest BCUT2D eigenvalue weighted by Gasteiger charge is -2.21. The van der Waals surface area contributed by atoms with E-state index in [4.69, 9.17) is 9.40 Å². The second-order valence-electron chi connectivity index (χ2n) is 10.5. The van der Waals surface area contributed by atoms with Crippen LogP contribution in [-0.2, 0) is 5.41 Å². The van der Waals surface area contributed by atoms with Gasteiger partial charge >= 0.3 is 0 Å². The molecule has 2 aromatic carbocycles. The number of thioether (sulfide) groups is 1. The smallest absolute Gasteiger partial charge is 0.139 e. The summed E-state index contributed by atoms with van der Waals surface area (Å²) in [5.41, 5.74) is 5.36. The summed E-state index contributed by atoms with van der Waals surface area (Å²) < 4.78 is 7.70. The summed E-state index contributed by atoms with van der Waals surface area (Å²) in [5.74, 6) is 0.673. The van der Waals surface area contributed by atoms with E-state index in [1.54, 1.807) is 11.8 Å². The van der Waals surface area contributed by atoms with Crippen molar-refractivity contribution >= 4 is 55.1 Å². The molecule has 0 unspecified atom stereocenters. The zero-order chi connectivity index (χ0) is 24.0. The first-order chi connectivity index (χ1) is 16.2. The Morgan fingerprint density at radius 1 is 1.09 bits per heavy atom. The largest absolute Gasteiger partial charge is 0.456 e. The standard InChI is InChI=1S/C30H31NOS2/c1-18(2)7-8-19(3)34-22-9-10-23-26(17-22)32-25-11-13-31-28(27(23)25)21-15-20-12-14-33-29(20)24(16-21)30(4,5)6/h8-18H,7H2,1-6H3/b19-8+. The molecule has 0 amide bonds. The van der Waals surface area contributed by atoms with E-state index in [1.165, 1.54) is 25.5 Å². The lowest BCUT2D eigenvalue weighted by atomic mass is 9.85. The van der Waals surface area contributed by atoms with Crippen molar-refractivity contribution in [1.29, 1.82) is 0 Å². The molecule has 0 atom stereocenters. The summed E-state index contributed by atoms with van der Waals surface area (Å²) in [7, 11) is 0. The van der Waals surface area contributed by atoms with Crippen molar-refractivity contribution in [1.82, 2.24) is 4.98 Å². The third-order valence-corrected chi connectivity index (χ3v) is 8.08. The quantitative estimate of drug-likeness (QED) is 0.232. The van der Waals surface area contributed by atoms with Crippen LogP contribution in [0.4, 0.5) is 0 Å². The number of fused-ring (bicyclic) bond motifs is 4. The number of nitrogens with zero attached hydrogens (tertiary/aromatic N) is 1. The van der Waals surface area contributed by atoms with E-state index in [1.807, 2.05) is 23.6 Å². The highest BCUT2D eigenvalue weighted by Gasteiger charge is 2.21. The van der Waals surface area contributed by atoms with Gasteiger partial charge in [0, 0.05) is 26.7 Å². The maximum atomic E-state index is 6.33. The minimum atomic E-state index is 0.0541. The third-order valence-electron chi connectivity index (χ3n) is 6.14. The molecular weight excluding hydrogens is 454 g/mol. The second kappa shape index (κ2) is 8.90. The number of rotatable bonds is 5. The summed E-state index contributed by atoms with van der Waals surface area (Å²) in [5, 5.41) is 5.67. The Kier molecular flexibility index (Phi) is 6.07. The summed E-state index contributed by atoms with van der Waals surface area (Å²) in [4.78, 5) is 7.38. The minimum Gasteiger partial charge on any atom is -0.456 e. The number of hydrogen-bond donors (Lipinski definition) is 0. The first-order valence-electron chi connectivity index (χ1n) is 11.9. The molecule has 5 aromatic rings. The van der Waals surface area contributed by atoms with Crippen molar-refractivity contribution in [2.45, 2.75) is 58.3 Å². The lowest BCUT2D eigenvalue weighted by molar-refractivity contribution is 0.597. The Labute approximate surface area is 210 Å². The Morgan fingerprint density at radius 2 is 1.91 bits per heavy atom. The van der Waals surface area contributed by atoms with Crippen LogP contribution in [0.15, 0.2) is 74.3 Å². The normalized spacial score (nSPS) is 13.1. The minimum absolute atomic E-state index is 0.0541. The molecule has 2 nitrogen and oxygen atoms in total. The number of allylic oxidation sites excluding steroid dienone is 2. The van der Waals surface area contributed by atoms with Crippen molar-refractivity contribution in [3.8, 4) is 11.3 Å². The van der Waals surface area contributed by atoms with Crippen molar-refractivity contribution < 1.29 is 4.42 Å². The van der Waals surface area contributed by atoms with Gasteiger partial charge in [-0.1, -0.05) is 52.5 Å². The van der Waals surface area contributed by atoms with Crippen molar-refractivity contribution in [2.24, 2.45) is 5.92 Å². The zero-order valence-electron chi connectivity index (χ0n) is 20.7. The zero-order valence-corrected chi connectivity index (χ0v) is 22.4. The molecule has 0 bridgehead atoms. The highest BCUT2D eigenvalue weighted by Crippen LogP contribution is 2.41. The molecule has 174 valence electrons. The fraction of sp³-hybridized carbons (Fsp3) is 0.300. The first-order valence-corrected chi connectivity index (χ1v) is 13.6. The van der Waals surface area contributed by atoms with Gasteiger partial charge in [0.2, 0.25) is 0 Å². The molecule has 3 heterocycles. The van der Waals surface area contributed by atoms with Gasteiger partial charge in [-0.15, -0.1) is 11.3 Å². The number of hydrogen-bond acceptors (Lipinski definition) is 4. The van der Waals surface area contributed by atoms with Gasteiger partial charge in [0.1, 0.15) is 11.2 Å². The van der Waals surface area contributed by atoms with E-state index in [0.717, 1.165) is 39.6 Å². The van der Waals surface area contributed by atoms with Crippen LogP contribution in [0.3, 0.4) is 0 Å². The van der Waals surface area contributed by atoms with Gasteiger partial charge in [-0.25, -0.2) is 0 Å². The van der Waals surface area contributed by atoms with Gasteiger partial charge in [-0.05, 0) is 88.4 Å². The van der Waals surface area contributed by atoms with Crippen LogP contribution in [0.1, 0.15) is 53.5 Å². The summed E-state index contributed by atoms with van der Waals surface area (Å²) >= 11 is 3.62. The maximum Gasteiger partial charge on any atom is 0.139 e. The highest BCUT2D eigenvalue weighted by molar-refractivity contribution is 8.03. The molecule has 0 saturated heterocycles. The van der Waals surface area contributed by atoms with E-state index < -0.39 is 0 Å². The van der Waals surface area contributed by atoms with E-state index in [9.17, 15) is 0 Å². The molecule has 0 fully saturated rings. The average molecular weight is 486 g/mol. The fourth-order valence-corrected chi connectivity index (χ4v) is 6.35. The average Bonchev–Trinajstić information content (AvgIpc) is 3.40.